The molecule has 0 bridgehead atoms. The highest BCUT2D eigenvalue weighted by Crippen LogP contribution is 2.39. The summed E-state index contributed by atoms with van der Waals surface area (Å²) in [5.41, 5.74) is 0.862. The van der Waals surface area contributed by atoms with Crippen LogP contribution in [0.4, 0.5) is 0 Å². The summed E-state index contributed by atoms with van der Waals surface area (Å²) in [5, 5.41) is 4.14. The molecule has 4 rings (SSSR count). The van der Waals surface area contributed by atoms with Crippen LogP contribution < -0.4 is 0 Å². The number of furan rings is 1. The number of hydrogen-bond acceptors (Lipinski definition) is 6. The molecule has 0 spiro atoms. The maximum absolute atomic E-state index is 12.6. The van der Waals surface area contributed by atoms with Gasteiger partial charge in [-0.05, 0) is 32.9 Å². The topological polar surface area (TPSA) is 75.6 Å². The predicted octanol–water partition coefficient (Wildman–Crippen LogP) is 1.98. The van der Waals surface area contributed by atoms with Crippen LogP contribution in [0.3, 0.4) is 0 Å². The van der Waals surface area contributed by atoms with Crippen LogP contribution in [0.2, 0.25) is 0 Å². The number of amides is 1. The molecule has 2 aromatic rings. The van der Waals surface area contributed by atoms with Crippen LogP contribution in [-0.2, 0) is 0 Å². The van der Waals surface area contributed by atoms with Gasteiger partial charge in [-0.3, -0.25) is 9.69 Å². The van der Waals surface area contributed by atoms with E-state index >= 15 is 0 Å². The van der Waals surface area contributed by atoms with Gasteiger partial charge in [-0.25, -0.2) is 0 Å². The zero-order valence-electron chi connectivity index (χ0n) is 13.4. The zero-order chi connectivity index (χ0) is 16.0. The van der Waals surface area contributed by atoms with Crippen molar-refractivity contribution in [2.45, 2.75) is 31.7 Å². The van der Waals surface area contributed by atoms with E-state index in [0.717, 1.165) is 30.8 Å². The number of rotatable bonds is 3. The van der Waals surface area contributed by atoms with Crippen molar-refractivity contribution in [3.8, 4) is 0 Å². The first kappa shape index (κ1) is 14.4. The highest BCUT2D eigenvalue weighted by Gasteiger charge is 2.35. The van der Waals surface area contributed by atoms with Crippen LogP contribution >= 0.6 is 0 Å². The quantitative estimate of drug-likeness (QED) is 0.862. The first-order valence-corrected chi connectivity index (χ1v) is 8.00. The molecule has 1 atom stereocenters. The summed E-state index contributed by atoms with van der Waals surface area (Å²) in [6.45, 7) is 3.85. The number of likely N-dealkylation sites (N-methyl/N-ethyl adjacent to an activating group) is 1. The van der Waals surface area contributed by atoms with Crippen molar-refractivity contribution in [3.63, 3.8) is 0 Å². The third-order valence-corrected chi connectivity index (χ3v) is 4.67. The molecule has 1 aliphatic heterocycles. The van der Waals surface area contributed by atoms with Crippen LogP contribution in [0, 0.1) is 6.92 Å². The number of piperazine rings is 1. The maximum Gasteiger partial charge on any atom is 0.289 e. The maximum atomic E-state index is 12.6. The smallest absolute Gasteiger partial charge is 0.289 e. The fraction of sp³-hybridized carbons (Fsp3) is 0.562. The Morgan fingerprint density at radius 1 is 1.35 bits per heavy atom. The van der Waals surface area contributed by atoms with E-state index in [1.165, 1.54) is 0 Å². The van der Waals surface area contributed by atoms with Gasteiger partial charge in [0.05, 0.1) is 12.3 Å². The minimum atomic E-state index is -0.0727. The van der Waals surface area contributed by atoms with Crippen molar-refractivity contribution >= 4 is 5.91 Å². The van der Waals surface area contributed by atoms with Gasteiger partial charge in [0.2, 0.25) is 5.89 Å². The van der Waals surface area contributed by atoms with E-state index in [2.05, 4.69) is 15.0 Å². The lowest BCUT2D eigenvalue weighted by molar-refractivity contribution is 0.0500. The van der Waals surface area contributed by atoms with Gasteiger partial charge in [-0.1, -0.05) is 5.16 Å². The van der Waals surface area contributed by atoms with Crippen LogP contribution in [0.5, 0.6) is 0 Å². The number of nitrogens with zero attached hydrogens (tertiary/aromatic N) is 4. The molecule has 1 aliphatic carbocycles. The van der Waals surface area contributed by atoms with E-state index in [9.17, 15) is 4.79 Å². The largest absolute Gasteiger partial charge is 0.459 e. The van der Waals surface area contributed by atoms with Gasteiger partial charge in [0.1, 0.15) is 0 Å². The molecule has 0 N–H and O–H groups in total. The Bertz CT molecular complexity index is 718. The van der Waals surface area contributed by atoms with Crippen LogP contribution in [0.25, 0.3) is 0 Å². The Balaban J connectivity index is 1.53. The van der Waals surface area contributed by atoms with Crippen molar-refractivity contribution in [3.05, 3.63) is 35.4 Å². The summed E-state index contributed by atoms with van der Waals surface area (Å²) in [7, 11) is 2.03. The summed E-state index contributed by atoms with van der Waals surface area (Å²) in [5.74, 6) is 2.19. The van der Waals surface area contributed by atoms with Gasteiger partial charge in [0.25, 0.3) is 5.91 Å². The Morgan fingerprint density at radius 3 is 2.87 bits per heavy atom. The first-order valence-electron chi connectivity index (χ1n) is 8.00. The Labute approximate surface area is 134 Å². The molecule has 0 unspecified atom stereocenters. The Hall–Kier alpha value is -2.15. The molecule has 2 aromatic heterocycles. The minimum Gasteiger partial charge on any atom is -0.459 e. The molecule has 2 fully saturated rings. The number of aryl methyl sites for hydroxylation is 1. The second-order valence-electron chi connectivity index (χ2n) is 6.45. The van der Waals surface area contributed by atoms with Gasteiger partial charge in [0.15, 0.2) is 11.6 Å². The van der Waals surface area contributed by atoms with Gasteiger partial charge < -0.3 is 13.8 Å². The van der Waals surface area contributed by atoms with E-state index in [0.29, 0.717) is 30.6 Å². The number of aromatic nitrogens is 2. The monoisotopic (exact) mass is 316 g/mol. The highest BCUT2D eigenvalue weighted by molar-refractivity contribution is 5.92. The van der Waals surface area contributed by atoms with E-state index in [1.807, 2.05) is 24.9 Å². The third-order valence-electron chi connectivity index (χ3n) is 4.67. The Kier molecular flexibility index (Phi) is 3.45. The van der Waals surface area contributed by atoms with E-state index in [4.69, 9.17) is 8.94 Å². The minimum absolute atomic E-state index is 0.0424. The summed E-state index contributed by atoms with van der Waals surface area (Å²) in [4.78, 5) is 21.2. The SMILES string of the molecule is Cc1ccoc1C(=O)N1CCN(C)[C@@H](c2noc(C3CC3)n2)C1. The molecule has 7 heteroatoms. The second-order valence-corrected chi connectivity index (χ2v) is 6.45. The standard InChI is InChI=1S/C16H20N4O3/c1-10-5-8-22-13(10)16(21)20-7-6-19(2)12(9-20)14-17-15(23-18-14)11-3-4-11/h5,8,11-12H,3-4,6-7,9H2,1-2H3/t12-/m1/s1. The van der Waals surface area contributed by atoms with Crippen molar-refractivity contribution < 1.29 is 13.7 Å². The summed E-state index contributed by atoms with van der Waals surface area (Å²) in [6.07, 6.45) is 3.81. The molecule has 1 amide bonds. The number of carbonyl (C=O) groups excluding carboxylic acids is 1. The summed E-state index contributed by atoms with van der Waals surface area (Å²) in [6, 6.07) is 1.77. The molecular formula is C16H20N4O3. The lowest BCUT2D eigenvalue weighted by Gasteiger charge is -2.37. The molecule has 1 saturated carbocycles. The average Bonchev–Trinajstić information content (AvgIpc) is 3.12. The van der Waals surface area contributed by atoms with E-state index in [1.54, 1.807) is 6.26 Å². The number of carbonyl (C=O) groups is 1. The zero-order valence-corrected chi connectivity index (χ0v) is 13.4. The van der Waals surface area contributed by atoms with Crippen molar-refractivity contribution in [2.75, 3.05) is 26.7 Å². The molecule has 3 heterocycles. The third kappa shape index (κ3) is 2.65. The molecule has 7 nitrogen and oxygen atoms in total. The molecule has 23 heavy (non-hydrogen) atoms. The fourth-order valence-electron chi connectivity index (χ4n) is 2.95. The lowest BCUT2D eigenvalue weighted by atomic mass is 10.1. The van der Waals surface area contributed by atoms with Crippen molar-refractivity contribution in [1.29, 1.82) is 0 Å². The van der Waals surface area contributed by atoms with Gasteiger partial charge in [0, 0.05) is 31.1 Å². The fourth-order valence-corrected chi connectivity index (χ4v) is 2.95. The molecule has 122 valence electrons. The average molecular weight is 316 g/mol. The molecule has 0 radical (unpaired) electrons. The second kappa shape index (κ2) is 5.49. The molecular weight excluding hydrogens is 296 g/mol. The van der Waals surface area contributed by atoms with Crippen molar-refractivity contribution in [2.24, 2.45) is 0 Å². The van der Waals surface area contributed by atoms with Gasteiger partial charge >= 0.3 is 0 Å². The summed E-state index contributed by atoms with van der Waals surface area (Å²) >= 11 is 0. The predicted molar refractivity (Wildman–Crippen MR) is 81.0 cm³/mol. The molecule has 2 aliphatic rings. The molecule has 0 aromatic carbocycles. The normalized spacial score (nSPS) is 22.5. The van der Waals surface area contributed by atoms with E-state index < -0.39 is 0 Å². The number of hydrogen-bond donors (Lipinski definition) is 0. The lowest BCUT2D eigenvalue weighted by Crippen LogP contribution is -2.49. The van der Waals surface area contributed by atoms with Gasteiger partial charge in [-0.2, -0.15) is 4.98 Å². The Morgan fingerprint density at radius 2 is 2.17 bits per heavy atom. The van der Waals surface area contributed by atoms with Crippen LogP contribution in [0.1, 0.15) is 52.6 Å². The van der Waals surface area contributed by atoms with E-state index in [-0.39, 0.29) is 11.9 Å². The van der Waals surface area contributed by atoms with Crippen molar-refractivity contribution in [1.82, 2.24) is 19.9 Å². The van der Waals surface area contributed by atoms with Crippen LogP contribution in [-0.4, -0.2) is 52.5 Å². The van der Waals surface area contributed by atoms with Gasteiger partial charge in [-0.15, -0.1) is 0 Å². The summed E-state index contributed by atoms with van der Waals surface area (Å²) < 4.78 is 10.7. The van der Waals surface area contributed by atoms with Crippen LogP contribution in [0.15, 0.2) is 21.3 Å². The highest BCUT2D eigenvalue weighted by atomic mass is 16.5. The first-order chi connectivity index (χ1) is 11.1. The molecule has 1 saturated heterocycles.